The summed E-state index contributed by atoms with van der Waals surface area (Å²) in [5.41, 5.74) is 4.01. The molecule has 0 saturated carbocycles. The number of nitrogens with zero attached hydrogens (tertiary/aromatic N) is 2. The van der Waals surface area contributed by atoms with Crippen LogP contribution in [0.4, 0.5) is 0 Å². The molecule has 0 N–H and O–H groups in total. The molecule has 1 heterocycles. The minimum atomic E-state index is 0.371. The fourth-order valence-electron chi connectivity index (χ4n) is 3.55. The number of benzene rings is 2. The quantitative estimate of drug-likeness (QED) is 0.739. The Morgan fingerprint density at radius 1 is 0.952 bits per heavy atom. The summed E-state index contributed by atoms with van der Waals surface area (Å²) in [6.07, 6.45) is 2.04. The van der Waals surface area contributed by atoms with Gasteiger partial charge in [0.2, 0.25) is 0 Å². The third-order valence-corrected chi connectivity index (χ3v) is 4.38. The van der Waals surface area contributed by atoms with Gasteiger partial charge < -0.3 is 0 Å². The zero-order valence-corrected chi connectivity index (χ0v) is 13.0. The maximum absolute atomic E-state index is 4.91. The van der Waals surface area contributed by atoms with E-state index in [0.717, 1.165) is 6.54 Å². The smallest absolute Gasteiger partial charge is 0.141 e. The van der Waals surface area contributed by atoms with Gasteiger partial charge in [0, 0.05) is 22.6 Å². The first-order chi connectivity index (χ1) is 10.1. The molecule has 2 atom stereocenters. The van der Waals surface area contributed by atoms with E-state index in [-0.39, 0.29) is 0 Å². The molecule has 0 fully saturated rings. The summed E-state index contributed by atoms with van der Waals surface area (Å²) in [6.45, 7) is 5.53. The third-order valence-electron chi connectivity index (χ3n) is 4.38. The summed E-state index contributed by atoms with van der Waals surface area (Å²) in [7, 11) is 2.24. The van der Waals surface area contributed by atoms with Crippen molar-refractivity contribution in [2.75, 3.05) is 7.05 Å². The molecule has 0 aliphatic carbocycles. The van der Waals surface area contributed by atoms with Gasteiger partial charge in [-0.3, -0.25) is 0 Å². The fourth-order valence-corrected chi connectivity index (χ4v) is 3.55. The van der Waals surface area contributed by atoms with Gasteiger partial charge in [0.1, 0.15) is 12.6 Å². The van der Waals surface area contributed by atoms with Crippen LogP contribution in [-0.2, 0) is 6.54 Å². The zero-order valence-electron chi connectivity index (χ0n) is 13.0. The van der Waals surface area contributed by atoms with E-state index in [1.54, 1.807) is 0 Å². The second kappa shape index (κ2) is 5.45. The van der Waals surface area contributed by atoms with E-state index in [1.807, 2.05) is 6.21 Å². The van der Waals surface area contributed by atoms with E-state index in [0.29, 0.717) is 16.6 Å². The van der Waals surface area contributed by atoms with Gasteiger partial charge in [-0.2, -0.15) is 4.59 Å². The Labute approximate surface area is 127 Å². The van der Waals surface area contributed by atoms with Crippen molar-refractivity contribution >= 4 is 6.21 Å². The molecule has 2 aromatic carbocycles. The van der Waals surface area contributed by atoms with E-state index in [1.165, 1.54) is 16.7 Å². The fraction of sp³-hybridized carbons (Fsp3) is 0.316. The van der Waals surface area contributed by atoms with Gasteiger partial charge in [-0.25, -0.2) is 0 Å². The van der Waals surface area contributed by atoms with Crippen molar-refractivity contribution in [2.24, 2.45) is 11.0 Å². The average molecular weight is 279 g/mol. The molecule has 2 nitrogen and oxygen atoms in total. The molecule has 21 heavy (non-hydrogen) atoms. The molecule has 0 bridgehead atoms. The zero-order chi connectivity index (χ0) is 14.9. The predicted octanol–water partition coefficient (Wildman–Crippen LogP) is 4.38. The molecule has 1 aliphatic rings. The average Bonchev–Trinajstić information content (AvgIpc) is 2.47. The highest BCUT2D eigenvalue weighted by Gasteiger charge is 2.39. The predicted molar refractivity (Wildman–Crippen MR) is 87.9 cm³/mol. The summed E-state index contributed by atoms with van der Waals surface area (Å²) in [4.78, 5) is 0. The van der Waals surface area contributed by atoms with Crippen molar-refractivity contribution in [2.45, 2.75) is 26.4 Å². The summed E-state index contributed by atoms with van der Waals surface area (Å²) < 4.78 is 0.693. The van der Waals surface area contributed by atoms with Crippen LogP contribution in [0.5, 0.6) is 0 Å². The lowest BCUT2D eigenvalue weighted by atomic mass is 9.92. The lowest BCUT2D eigenvalue weighted by Gasteiger charge is -2.40. The molecule has 2 heteroatoms. The first-order valence-corrected chi connectivity index (χ1v) is 7.64. The van der Waals surface area contributed by atoms with Gasteiger partial charge >= 0.3 is 0 Å². The summed E-state index contributed by atoms with van der Waals surface area (Å²) in [5.74, 6) is 0.528. The summed E-state index contributed by atoms with van der Waals surface area (Å²) >= 11 is 0. The van der Waals surface area contributed by atoms with E-state index in [9.17, 15) is 0 Å². The van der Waals surface area contributed by atoms with Crippen LogP contribution in [0.3, 0.4) is 0 Å². The monoisotopic (exact) mass is 279 g/mol. The highest BCUT2D eigenvalue weighted by atomic mass is 15.6. The van der Waals surface area contributed by atoms with Crippen molar-refractivity contribution in [3.8, 4) is 0 Å². The van der Waals surface area contributed by atoms with Crippen LogP contribution in [0.1, 0.15) is 36.6 Å². The maximum atomic E-state index is 4.91. The van der Waals surface area contributed by atoms with Gasteiger partial charge in [0.25, 0.3) is 0 Å². The molecule has 2 aromatic rings. The molecule has 1 aliphatic heterocycles. The van der Waals surface area contributed by atoms with Gasteiger partial charge in [-0.05, 0) is 0 Å². The molecule has 0 amide bonds. The van der Waals surface area contributed by atoms with Crippen LogP contribution in [-0.4, -0.2) is 17.9 Å². The third kappa shape index (κ3) is 2.64. The first-order valence-electron chi connectivity index (χ1n) is 7.64. The Morgan fingerprint density at radius 3 is 2.33 bits per heavy atom. The SMILES string of the molecule is CC(C)C(c1ccccc1)[N+]1(C)Cc2ccccc2C=N1. The molecule has 2 unspecified atom stereocenters. The Morgan fingerprint density at radius 2 is 1.62 bits per heavy atom. The van der Waals surface area contributed by atoms with Gasteiger partial charge in [-0.1, -0.05) is 73.5 Å². The van der Waals surface area contributed by atoms with Crippen molar-refractivity contribution in [3.05, 3.63) is 71.3 Å². The standard InChI is InChI=1S/C19H23N2/c1-15(2)19(16-9-5-4-6-10-16)21(3)14-18-12-8-7-11-17(18)13-20-21/h4-13,15,19H,14H2,1-3H3/q+1. The first kappa shape index (κ1) is 14.0. The maximum Gasteiger partial charge on any atom is 0.141 e. The van der Waals surface area contributed by atoms with Gasteiger partial charge in [0.05, 0.1) is 13.3 Å². The van der Waals surface area contributed by atoms with Crippen LogP contribution in [0, 0.1) is 5.92 Å². The lowest BCUT2D eigenvalue weighted by molar-refractivity contribution is -0.962. The number of hydrogen-bond acceptors (Lipinski definition) is 1. The Balaban J connectivity index is 2.01. The van der Waals surface area contributed by atoms with Crippen LogP contribution in [0.15, 0.2) is 59.7 Å². The highest BCUT2D eigenvalue weighted by Crippen LogP contribution is 2.37. The Hall–Kier alpha value is -1.93. The van der Waals surface area contributed by atoms with Crippen molar-refractivity contribution in [1.29, 1.82) is 0 Å². The second-order valence-corrected chi connectivity index (χ2v) is 6.41. The number of rotatable bonds is 3. The largest absolute Gasteiger partial charge is 0.190 e. The molecule has 0 saturated heterocycles. The second-order valence-electron chi connectivity index (χ2n) is 6.41. The number of hydrogen-bond donors (Lipinski definition) is 0. The van der Waals surface area contributed by atoms with Crippen LogP contribution < -0.4 is 0 Å². The molecule has 0 aromatic heterocycles. The van der Waals surface area contributed by atoms with Gasteiger partial charge in [-0.15, -0.1) is 0 Å². The lowest BCUT2D eigenvalue weighted by Crippen LogP contribution is -2.45. The molecule has 0 radical (unpaired) electrons. The normalized spacial score (nSPS) is 22.1. The van der Waals surface area contributed by atoms with E-state index in [2.05, 4.69) is 75.5 Å². The topological polar surface area (TPSA) is 12.4 Å². The summed E-state index contributed by atoms with van der Waals surface area (Å²) in [5, 5.41) is 4.91. The van der Waals surface area contributed by atoms with E-state index < -0.39 is 0 Å². The Kier molecular flexibility index (Phi) is 3.64. The molecule has 108 valence electrons. The van der Waals surface area contributed by atoms with Crippen LogP contribution >= 0.6 is 0 Å². The van der Waals surface area contributed by atoms with Crippen LogP contribution in [0.2, 0.25) is 0 Å². The van der Waals surface area contributed by atoms with E-state index in [4.69, 9.17) is 5.10 Å². The number of quaternary nitrogens is 1. The highest BCUT2D eigenvalue weighted by molar-refractivity contribution is 5.81. The number of fused-ring (bicyclic) bond motifs is 1. The minimum absolute atomic E-state index is 0.371. The van der Waals surface area contributed by atoms with E-state index >= 15 is 0 Å². The minimum Gasteiger partial charge on any atom is -0.190 e. The molecular formula is C19H23N2+. The van der Waals surface area contributed by atoms with Crippen molar-refractivity contribution in [1.82, 2.24) is 0 Å². The van der Waals surface area contributed by atoms with Gasteiger partial charge in [0.15, 0.2) is 0 Å². The van der Waals surface area contributed by atoms with Crippen molar-refractivity contribution in [3.63, 3.8) is 0 Å². The summed E-state index contributed by atoms with van der Waals surface area (Å²) in [6, 6.07) is 19.7. The molecular weight excluding hydrogens is 256 g/mol. The van der Waals surface area contributed by atoms with Crippen molar-refractivity contribution < 1.29 is 4.59 Å². The molecule has 0 spiro atoms. The van der Waals surface area contributed by atoms with Crippen LogP contribution in [0.25, 0.3) is 0 Å². The molecule has 3 rings (SSSR count). The Bertz CT molecular complexity index is 646.